The quantitative estimate of drug-likeness (QED) is 0.466. The highest BCUT2D eigenvalue weighted by Crippen LogP contribution is 2.29. The van der Waals surface area contributed by atoms with E-state index in [2.05, 4.69) is 76.6 Å². The molecule has 0 saturated carbocycles. The van der Waals surface area contributed by atoms with E-state index in [0.29, 0.717) is 24.7 Å². The maximum absolute atomic E-state index is 4.74. The van der Waals surface area contributed by atoms with Crippen molar-refractivity contribution in [2.75, 3.05) is 0 Å². The molecule has 1 N–H and O–H groups in total. The zero-order chi connectivity index (χ0) is 21.6. The van der Waals surface area contributed by atoms with Gasteiger partial charge in [0.2, 0.25) is 5.82 Å². The van der Waals surface area contributed by atoms with Crippen LogP contribution in [0, 0.1) is 17.8 Å². The van der Waals surface area contributed by atoms with Crippen molar-refractivity contribution in [2.24, 2.45) is 5.92 Å². The summed E-state index contributed by atoms with van der Waals surface area (Å²) in [5, 5.41) is 19.2. The number of hydrogen-bond acceptors (Lipinski definition) is 5. The molecule has 0 fully saturated rings. The van der Waals surface area contributed by atoms with E-state index in [1.165, 1.54) is 0 Å². The minimum absolute atomic E-state index is 0.513. The Bertz CT molecular complexity index is 1190. The molecule has 0 saturated heterocycles. The Morgan fingerprint density at radius 2 is 1.81 bits per heavy atom. The second kappa shape index (κ2) is 9.35. The Labute approximate surface area is 181 Å². The Hall–Kier alpha value is -3.79. The second-order valence-corrected chi connectivity index (χ2v) is 7.78. The van der Waals surface area contributed by atoms with Crippen LogP contribution in [-0.4, -0.2) is 35.4 Å². The predicted molar refractivity (Wildman–Crippen MR) is 120 cm³/mol. The highest BCUT2D eigenvalue weighted by atomic mass is 15.5. The summed E-state index contributed by atoms with van der Waals surface area (Å²) in [7, 11) is 0. The fourth-order valence-corrected chi connectivity index (χ4v) is 3.47. The van der Waals surface area contributed by atoms with Gasteiger partial charge in [0.25, 0.3) is 0 Å². The van der Waals surface area contributed by atoms with Crippen LogP contribution in [0.15, 0.2) is 48.5 Å². The van der Waals surface area contributed by atoms with Gasteiger partial charge in [-0.15, -0.1) is 16.1 Å². The monoisotopic (exact) mass is 411 g/mol. The van der Waals surface area contributed by atoms with E-state index in [4.69, 9.17) is 10.1 Å². The van der Waals surface area contributed by atoms with Gasteiger partial charge in [-0.2, -0.15) is 10.3 Å². The number of nitrogens with one attached hydrogen (secondary N) is 1. The number of tetrazole rings is 1. The van der Waals surface area contributed by atoms with Crippen molar-refractivity contribution in [3.8, 4) is 34.4 Å². The van der Waals surface area contributed by atoms with E-state index in [1.54, 1.807) is 0 Å². The van der Waals surface area contributed by atoms with Gasteiger partial charge in [-0.3, -0.25) is 0 Å². The minimum atomic E-state index is 0.513. The molecule has 7 nitrogen and oxygen atoms in total. The average Bonchev–Trinajstić information content (AvgIpc) is 3.43. The predicted octanol–water partition coefficient (Wildman–Crippen LogP) is 3.94. The van der Waals surface area contributed by atoms with Gasteiger partial charge in [0, 0.05) is 12.0 Å². The summed E-state index contributed by atoms with van der Waals surface area (Å²) < 4.78 is 1.98. The van der Waals surface area contributed by atoms with Crippen molar-refractivity contribution in [2.45, 2.75) is 40.2 Å². The Kier molecular flexibility index (Phi) is 6.18. The smallest absolute Gasteiger partial charge is 0.205 e. The molecule has 0 aliphatic carbocycles. The van der Waals surface area contributed by atoms with Gasteiger partial charge >= 0.3 is 0 Å². The first-order valence-electron chi connectivity index (χ1n) is 10.4. The molecule has 0 unspecified atom stereocenters. The number of benzene rings is 2. The summed E-state index contributed by atoms with van der Waals surface area (Å²) >= 11 is 0. The van der Waals surface area contributed by atoms with Crippen LogP contribution in [0.1, 0.15) is 38.0 Å². The molecular formula is C24H25N7. The third kappa shape index (κ3) is 4.86. The third-order valence-electron chi connectivity index (χ3n) is 4.92. The van der Waals surface area contributed by atoms with E-state index in [0.717, 1.165) is 40.3 Å². The van der Waals surface area contributed by atoms with Gasteiger partial charge in [0.15, 0.2) is 5.82 Å². The molecule has 156 valence electrons. The molecule has 2 aromatic carbocycles. The van der Waals surface area contributed by atoms with Gasteiger partial charge in [-0.25, -0.2) is 9.67 Å². The highest BCUT2D eigenvalue weighted by Gasteiger charge is 2.13. The van der Waals surface area contributed by atoms with E-state index in [9.17, 15) is 0 Å². The van der Waals surface area contributed by atoms with Crippen LogP contribution >= 0.6 is 0 Å². The number of aromatic amines is 1. The van der Waals surface area contributed by atoms with Crippen molar-refractivity contribution >= 4 is 0 Å². The van der Waals surface area contributed by atoms with E-state index >= 15 is 0 Å². The van der Waals surface area contributed by atoms with Crippen molar-refractivity contribution < 1.29 is 0 Å². The molecule has 0 spiro atoms. The van der Waals surface area contributed by atoms with Crippen LogP contribution in [0.3, 0.4) is 0 Å². The molecule has 0 amide bonds. The van der Waals surface area contributed by atoms with Crippen molar-refractivity contribution in [3.05, 3.63) is 65.7 Å². The summed E-state index contributed by atoms with van der Waals surface area (Å²) in [6, 6.07) is 16.5. The summed E-state index contributed by atoms with van der Waals surface area (Å²) in [4.78, 5) is 4.72. The number of H-pyrrole nitrogens is 1. The van der Waals surface area contributed by atoms with Crippen LogP contribution in [0.5, 0.6) is 0 Å². The highest BCUT2D eigenvalue weighted by molar-refractivity contribution is 5.80. The lowest BCUT2D eigenvalue weighted by Crippen LogP contribution is -2.07. The summed E-state index contributed by atoms with van der Waals surface area (Å²) in [6.45, 7) is 6.87. The molecule has 2 heterocycles. The van der Waals surface area contributed by atoms with E-state index in [-0.39, 0.29) is 0 Å². The molecular weight excluding hydrogens is 386 g/mol. The minimum Gasteiger partial charge on any atom is -0.244 e. The molecule has 0 radical (unpaired) electrons. The number of hydrogen-bond donors (Lipinski definition) is 1. The van der Waals surface area contributed by atoms with Gasteiger partial charge in [0.1, 0.15) is 5.82 Å². The molecule has 0 aliphatic heterocycles. The normalized spacial score (nSPS) is 10.8. The van der Waals surface area contributed by atoms with Crippen LogP contribution in [0.4, 0.5) is 0 Å². The summed E-state index contributed by atoms with van der Waals surface area (Å²) in [6.07, 6.45) is 1.48. The first-order valence-corrected chi connectivity index (χ1v) is 10.4. The zero-order valence-electron chi connectivity index (χ0n) is 18.0. The SMILES string of the molecule is CC#CCc1nc(CC(C)C)nn1Cc1ccc(-c2ccccc2-c2nn[nH]n2)cc1. The van der Waals surface area contributed by atoms with Gasteiger partial charge in [0.05, 0.1) is 13.0 Å². The van der Waals surface area contributed by atoms with Crippen molar-refractivity contribution in [1.29, 1.82) is 0 Å². The van der Waals surface area contributed by atoms with Crippen molar-refractivity contribution in [3.63, 3.8) is 0 Å². The summed E-state index contributed by atoms with van der Waals surface area (Å²) in [5.41, 5.74) is 4.26. The Morgan fingerprint density at radius 1 is 1.03 bits per heavy atom. The van der Waals surface area contributed by atoms with Gasteiger partial charge < -0.3 is 0 Å². The lowest BCUT2D eigenvalue weighted by atomic mass is 9.98. The van der Waals surface area contributed by atoms with E-state index < -0.39 is 0 Å². The number of rotatable bonds is 7. The topological polar surface area (TPSA) is 85.2 Å². The first kappa shape index (κ1) is 20.5. The lowest BCUT2D eigenvalue weighted by Gasteiger charge is -2.09. The van der Waals surface area contributed by atoms with Crippen LogP contribution < -0.4 is 0 Å². The summed E-state index contributed by atoms with van der Waals surface area (Å²) in [5.74, 6) is 8.96. The van der Waals surface area contributed by atoms with Gasteiger partial charge in [-0.1, -0.05) is 68.3 Å². The van der Waals surface area contributed by atoms with Crippen LogP contribution in [0.2, 0.25) is 0 Å². The molecule has 7 heteroatoms. The van der Waals surface area contributed by atoms with Crippen molar-refractivity contribution in [1.82, 2.24) is 35.4 Å². The second-order valence-electron chi connectivity index (χ2n) is 7.78. The first-order chi connectivity index (χ1) is 15.1. The van der Waals surface area contributed by atoms with E-state index in [1.807, 2.05) is 29.8 Å². The maximum atomic E-state index is 4.74. The van der Waals surface area contributed by atoms with Gasteiger partial charge in [-0.05, 0) is 34.7 Å². The standard InChI is InChI=1S/C24H25N7/c1-4-5-10-23-25-22(15-17(2)3)28-31(23)16-18-11-13-19(14-12-18)20-8-6-7-9-21(20)24-26-29-30-27-24/h6-9,11-14,17H,10,15-16H2,1-3H3,(H,26,27,29,30). The fourth-order valence-electron chi connectivity index (χ4n) is 3.47. The molecule has 0 aliphatic rings. The fraction of sp³-hybridized carbons (Fsp3) is 0.292. The molecule has 4 aromatic rings. The van der Waals surface area contributed by atoms with Crippen LogP contribution in [0.25, 0.3) is 22.5 Å². The molecule has 4 rings (SSSR count). The Morgan fingerprint density at radius 3 is 2.48 bits per heavy atom. The molecule has 31 heavy (non-hydrogen) atoms. The lowest BCUT2D eigenvalue weighted by molar-refractivity contribution is 0.599. The third-order valence-corrected chi connectivity index (χ3v) is 4.92. The zero-order valence-corrected chi connectivity index (χ0v) is 18.0. The maximum Gasteiger partial charge on any atom is 0.205 e. The van der Waals surface area contributed by atoms with Crippen LogP contribution in [-0.2, 0) is 19.4 Å². The number of nitrogens with zero attached hydrogens (tertiary/aromatic N) is 6. The molecule has 2 aromatic heterocycles. The number of aromatic nitrogens is 7. The average molecular weight is 412 g/mol. The molecule has 0 bridgehead atoms. The Balaban J connectivity index is 1.59. The molecule has 0 atom stereocenters. The largest absolute Gasteiger partial charge is 0.244 e.